The molecule has 154 valence electrons. The van der Waals surface area contributed by atoms with Crippen molar-refractivity contribution < 1.29 is 14.0 Å². The molecule has 29 heavy (non-hydrogen) atoms. The fourth-order valence-electron chi connectivity index (χ4n) is 4.49. The summed E-state index contributed by atoms with van der Waals surface area (Å²) in [6.45, 7) is 1.44. The molecule has 0 saturated carbocycles. The zero-order valence-corrected chi connectivity index (χ0v) is 18.8. The van der Waals surface area contributed by atoms with Crippen LogP contribution in [0.5, 0.6) is 0 Å². The second-order valence-corrected chi connectivity index (χ2v) is 8.65. The largest absolute Gasteiger partial charge is 0.448 e. The molecule has 1 aliphatic heterocycles. The molecular weight excluding hydrogens is 481 g/mol. The summed E-state index contributed by atoms with van der Waals surface area (Å²) in [5, 5.41) is 0. The van der Waals surface area contributed by atoms with Crippen LogP contribution in [0.25, 0.3) is 0 Å². The van der Waals surface area contributed by atoms with Crippen molar-refractivity contribution in [3.05, 3.63) is 53.2 Å². The number of carbonyl (C=O) groups is 2. The van der Waals surface area contributed by atoms with E-state index in [1.807, 2.05) is 18.0 Å². The van der Waals surface area contributed by atoms with Gasteiger partial charge in [-0.05, 0) is 43.2 Å². The summed E-state index contributed by atoms with van der Waals surface area (Å²) in [5.41, 5.74) is 2.94. The first-order valence-corrected chi connectivity index (χ1v) is 11.7. The normalized spacial score (nSPS) is 19.7. The van der Waals surface area contributed by atoms with E-state index in [-0.39, 0.29) is 23.8 Å². The molecule has 1 unspecified atom stereocenters. The highest BCUT2D eigenvalue weighted by Gasteiger charge is 2.30. The smallest absolute Gasteiger partial charge is 0.276 e. The number of rotatable bonds is 4. The Hall–Kier alpha value is -1.90. The van der Waals surface area contributed by atoms with Gasteiger partial charge in [0.05, 0.1) is 10.5 Å². The van der Waals surface area contributed by atoms with Crippen LogP contribution in [-0.2, 0) is 11.2 Å². The lowest BCUT2D eigenvalue weighted by Gasteiger charge is -2.33. The van der Waals surface area contributed by atoms with Crippen molar-refractivity contribution >= 4 is 34.4 Å². The minimum Gasteiger partial charge on any atom is -0.448 e. The third kappa shape index (κ3) is 4.20. The predicted molar refractivity (Wildman–Crippen MR) is 118 cm³/mol. The third-order valence-electron chi connectivity index (χ3n) is 6.18. The minimum atomic E-state index is -0.0979. The number of likely N-dealkylation sites (tertiary alicyclic amines) is 1. The van der Waals surface area contributed by atoms with E-state index in [4.69, 9.17) is 4.42 Å². The van der Waals surface area contributed by atoms with Gasteiger partial charge in [-0.15, -0.1) is 0 Å². The van der Waals surface area contributed by atoms with Crippen molar-refractivity contribution in [1.29, 1.82) is 0 Å². The Morgan fingerprint density at radius 1 is 1.24 bits per heavy atom. The maximum Gasteiger partial charge on any atom is 0.276 e. The number of fused-ring (bicyclic) bond motifs is 1. The molecule has 1 aromatic carbocycles. The van der Waals surface area contributed by atoms with Gasteiger partial charge in [-0.3, -0.25) is 9.59 Å². The molecule has 7 heteroatoms. The summed E-state index contributed by atoms with van der Waals surface area (Å²) in [4.78, 5) is 33.2. The quantitative estimate of drug-likeness (QED) is 0.464. The number of amides is 2. The first kappa shape index (κ1) is 20.4. The highest BCUT2D eigenvalue weighted by molar-refractivity contribution is 14.1. The summed E-state index contributed by atoms with van der Waals surface area (Å²) in [7, 11) is 1.86. The van der Waals surface area contributed by atoms with Gasteiger partial charge in [0, 0.05) is 26.1 Å². The van der Waals surface area contributed by atoms with Gasteiger partial charge >= 0.3 is 0 Å². The van der Waals surface area contributed by atoms with Gasteiger partial charge in [0.1, 0.15) is 6.26 Å². The Kier molecular flexibility index (Phi) is 6.22. The molecule has 0 radical (unpaired) electrons. The van der Waals surface area contributed by atoms with Crippen molar-refractivity contribution in [3.63, 3.8) is 0 Å². The number of benzene rings is 1. The number of aryl methyl sites for hydroxylation is 1. The number of carbonyl (C=O) groups excluding carboxylic acids is 2. The average Bonchev–Trinajstić information content (AvgIpc) is 3.27. The molecule has 2 amide bonds. The van der Waals surface area contributed by atoms with E-state index in [2.05, 4.69) is 45.8 Å². The van der Waals surface area contributed by atoms with Gasteiger partial charge in [-0.1, -0.05) is 46.9 Å². The summed E-state index contributed by atoms with van der Waals surface area (Å²) >= 11 is 2.10. The fourth-order valence-corrected chi connectivity index (χ4v) is 4.97. The molecule has 1 aromatic heterocycles. The van der Waals surface area contributed by atoms with Crippen LogP contribution in [0.2, 0.25) is 0 Å². The average molecular weight is 507 g/mol. The number of hydrogen-bond acceptors (Lipinski definition) is 4. The second-order valence-electron chi connectivity index (χ2n) is 7.88. The van der Waals surface area contributed by atoms with Gasteiger partial charge in [-0.2, -0.15) is 0 Å². The SMILES string of the molecule is CN(C(=O)c1coc(C2CCN(C(=O)CI)CC2)n1)C1CCCc2ccccc21. The summed E-state index contributed by atoms with van der Waals surface area (Å²) < 4.78 is 6.20. The van der Waals surface area contributed by atoms with E-state index in [9.17, 15) is 9.59 Å². The van der Waals surface area contributed by atoms with Gasteiger partial charge in [0.25, 0.3) is 5.91 Å². The van der Waals surface area contributed by atoms with E-state index in [0.29, 0.717) is 16.0 Å². The zero-order valence-electron chi connectivity index (χ0n) is 16.6. The molecule has 0 N–H and O–H groups in total. The minimum absolute atomic E-state index is 0.0788. The molecular formula is C22H26IN3O3. The standard InChI is InChI=1S/C22H26IN3O3/c1-25(19-8-4-6-15-5-2-3-7-17(15)19)22(28)18-14-29-21(24-18)16-9-11-26(12-10-16)20(27)13-23/h2-3,5,7,14,16,19H,4,6,8-13H2,1H3. The van der Waals surface area contributed by atoms with E-state index in [1.165, 1.54) is 17.4 Å². The van der Waals surface area contributed by atoms with Crippen molar-refractivity contribution in [2.24, 2.45) is 0 Å². The Morgan fingerprint density at radius 2 is 2.00 bits per heavy atom. The van der Waals surface area contributed by atoms with E-state index in [0.717, 1.165) is 45.2 Å². The van der Waals surface area contributed by atoms with Crippen molar-refractivity contribution in [2.45, 2.75) is 44.1 Å². The lowest BCUT2D eigenvalue weighted by Crippen LogP contribution is -2.38. The molecule has 2 aliphatic rings. The van der Waals surface area contributed by atoms with Crippen LogP contribution in [0.4, 0.5) is 0 Å². The van der Waals surface area contributed by atoms with Crippen molar-refractivity contribution in [3.8, 4) is 0 Å². The molecule has 1 fully saturated rings. The maximum atomic E-state index is 13.1. The monoisotopic (exact) mass is 507 g/mol. The van der Waals surface area contributed by atoms with E-state index >= 15 is 0 Å². The molecule has 2 aromatic rings. The third-order valence-corrected chi connectivity index (χ3v) is 6.83. The highest BCUT2D eigenvalue weighted by atomic mass is 127. The first-order chi connectivity index (χ1) is 14.1. The predicted octanol–water partition coefficient (Wildman–Crippen LogP) is 3.97. The molecule has 1 atom stereocenters. The molecule has 6 nitrogen and oxygen atoms in total. The summed E-state index contributed by atoms with van der Waals surface area (Å²) in [6.07, 6.45) is 6.25. The summed E-state index contributed by atoms with van der Waals surface area (Å²) in [5.74, 6) is 0.865. The zero-order chi connectivity index (χ0) is 20.4. The van der Waals surface area contributed by atoms with Crippen LogP contribution in [0.1, 0.15) is 65.1 Å². The number of halogens is 1. The molecule has 1 saturated heterocycles. The second kappa shape index (κ2) is 8.85. The molecule has 2 heterocycles. The van der Waals surface area contributed by atoms with Crippen molar-refractivity contribution in [1.82, 2.24) is 14.8 Å². The van der Waals surface area contributed by atoms with Gasteiger partial charge < -0.3 is 14.2 Å². The molecule has 1 aliphatic carbocycles. The van der Waals surface area contributed by atoms with Crippen molar-refractivity contribution in [2.75, 3.05) is 24.6 Å². The molecule has 0 bridgehead atoms. The van der Waals surface area contributed by atoms with Crippen LogP contribution in [0, 0.1) is 0 Å². The molecule has 0 spiro atoms. The van der Waals surface area contributed by atoms with E-state index in [1.54, 1.807) is 4.90 Å². The Labute approximate surface area is 184 Å². The van der Waals surface area contributed by atoms with Gasteiger partial charge in [-0.25, -0.2) is 4.98 Å². The number of aromatic nitrogens is 1. The molecule has 4 rings (SSSR count). The number of alkyl halides is 1. The number of piperidine rings is 1. The Morgan fingerprint density at radius 3 is 2.76 bits per heavy atom. The van der Waals surface area contributed by atoms with Crippen LogP contribution >= 0.6 is 22.6 Å². The Balaban J connectivity index is 1.43. The number of nitrogens with zero attached hydrogens (tertiary/aromatic N) is 3. The lowest BCUT2D eigenvalue weighted by molar-refractivity contribution is -0.129. The van der Waals surface area contributed by atoms with Gasteiger partial charge in [0.2, 0.25) is 5.91 Å². The topological polar surface area (TPSA) is 66.7 Å². The van der Waals surface area contributed by atoms with Gasteiger partial charge in [0.15, 0.2) is 11.6 Å². The fraction of sp³-hybridized carbons (Fsp3) is 0.500. The summed E-state index contributed by atoms with van der Waals surface area (Å²) in [6, 6.07) is 8.46. The lowest BCUT2D eigenvalue weighted by atomic mass is 9.87. The van der Waals surface area contributed by atoms with Crippen LogP contribution < -0.4 is 0 Å². The number of oxazole rings is 1. The van der Waals surface area contributed by atoms with Crippen LogP contribution in [0.3, 0.4) is 0 Å². The Bertz CT molecular complexity index is 889. The first-order valence-electron chi connectivity index (χ1n) is 10.2. The highest BCUT2D eigenvalue weighted by Crippen LogP contribution is 2.34. The van der Waals surface area contributed by atoms with Crippen LogP contribution in [-0.4, -0.2) is 51.2 Å². The van der Waals surface area contributed by atoms with Crippen LogP contribution in [0.15, 0.2) is 34.9 Å². The number of hydrogen-bond donors (Lipinski definition) is 0. The van der Waals surface area contributed by atoms with E-state index < -0.39 is 0 Å². The maximum absolute atomic E-state index is 13.1.